The van der Waals surface area contributed by atoms with E-state index >= 15 is 0 Å². The molecule has 0 aliphatic rings. The van der Waals surface area contributed by atoms with Gasteiger partial charge in [0.15, 0.2) is 15.5 Å². The van der Waals surface area contributed by atoms with Gasteiger partial charge in [-0.2, -0.15) is 0 Å². The number of hydrogen-bond donors (Lipinski definition) is 0. The molecule has 0 atom stereocenters. The summed E-state index contributed by atoms with van der Waals surface area (Å²) >= 11 is 4.70. The molecule has 3 rings (SSSR count). The van der Waals surface area contributed by atoms with Crippen molar-refractivity contribution in [2.75, 3.05) is 7.11 Å². The smallest absolute Gasteiger partial charge is 0.213 e. The van der Waals surface area contributed by atoms with Crippen LogP contribution in [0.2, 0.25) is 0 Å². The van der Waals surface area contributed by atoms with E-state index in [9.17, 15) is 4.39 Å². The van der Waals surface area contributed by atoms with Crippen LogP contribution in [0.5, 0.6) is 5.75 Å². The van der Waals surface area contributed by atoms with E-state index in [4.69, 9.17) is 4.74 Å². The number of aromatic nitrogens is 3. The fourth-order valence-corrected chi connectivity index (χ4v) is 2.86. The molecule has 92 valence electrons. The van der Waals surface area contributed by atoms with Crippen LogP contribution in [0.25, 0.3) is 16.2 Å². The minimum absolute atomic E-state index is 0.223. The molecular weight excluding hydrogens is 321 g/mol. The van der Waals surface area contributed by atoms with Gasteiger partial charge in [0, 0.05) is 5.56 Å². The van der Waals surface area contributed by atoms with Gasteiger partial charge in [-0.25, -0.2) is 13.9 Å². The monoisotopic (exact) mass is 327 g/mol. The van der Waals surface area contributed by atoms with Gasteiger partial charge in [-0.3, -0.25) is 0 Å². The van der Waals surface area contributed by atoms with Crippen LogP contribution < -0.4 is 4.74 Å². The largest absolute Gasteiger partial charge is 0.494 e. The molecule has 0 unspecified atom stereocenters. The number of benzene rings is 1. The summed E-state index contributed by atoms with van der Waals surface area (Å²) in [6.07, 6.45) is 1.76. The summed E-state index contributed by atoms with van der Waals surface area (Å²) in [5.41, 5.74) is 1.38. The van der Waals surface area contributed by atoms with Crippen molar-refractivity contribution in [2.24, 2.45) is 0 Å². The molecule has 2 heterocycles. The Morgan fingerprint density at radius 1 is 1.44 bits per heavy atom. The Kier molecular flexibility index (Phi) is 2.79. The first kappa shape index (κ1) is 11.6. The van der Waals surface area contributed by atoms with E-state index in [1.807, 2.05) is 0 Å². The van der Waals surface area contributed by atoms with Crippen molar-refractivity contribution in [1.82, 2.24) is 14.6 Å². The predicted octanol–water partition coefficient (Wildman–Crippen LogP) is 3.37. The Hall–Kier alpha value is -1.47. The lowest BCUT2D eigenvalue weighted by Gasteiger charge is -2.02. The summed E-state index contributed by atoms with van der Waals surface area (Å²) in [6, 6.07) is 4.76. The van der Waals surface area contributed by atoms with Crippen molar-refractivity contribution in [2.45, 2.75) is 0 Å². The molecule has 3 aromatic rings. The Labute approximate surface area is 114 Å². The summed E-state index contributed by atoms with van der Waals surface area (Å²) in [5.74, 6) is -0.180. The maximum atomic E-state index is 13.6. The lowest BCUT2D eigenvalue weighted by molar-refractivity contribution is 0.386. The molecule has 0 aliphatic carbocycles. The third-order valence-electron chi connectivity index (χ3n) is 2.47. The number of imidazole rings is 1. The zero-order chi connectivity index (χ0) is 12.7. The number of hydrogen-bond acceptors (Lipinski definition) is 4. The van der Waals surface area contributed by atoms with Gasteiger partial charge in [0.25, 0.3) is 0 Å². The molecular formula is C11H7BrFN3OS. The Morgan fingerprint density at radius 2 is 2.28 bits per heavy atom. The van der Waals surface area contributed by atoms with Crippen LogP contribution in [0.1, 0.15) is 0 Å². The lowest BCUT2D eigenvalue weighted by atomic mass is 10.1. The molecule has 0 saturated carbocycles. The average Bonchev–Trinajstić information content (AvgIpc) is 2.85. The SMILES string of the molecule is COc1ccc(-c2cn3nc(Br)sc3n2)cc1F. The molecule has 18 heavy (non-hydrogen) atoms. The van der Waals surface area contributed by atoms with Crippen LogP contribution in [0.15, 0.2) is 28.3 Å². The number of halogens is 2. The van der Waals surface area contributed by atoms with Gasteiger partial charge in [-0.15, -0.1) is 5.10 Å². The Bertz CT molecular complexity index is 693. The normalized spacial score (nSPS) is 11.1. The third kappa shape index (κ3) is 1.89. The van der Waals surface area contributed by atoms with Crippen LogP contribution >= 0.6 is 27.3 Å². The summed E-state index contributed by atoms with van der Waals surface area (Å²) < 4.78 is 20.9. The number of fused-ring (bicyclic) bond motifs is 1. The molecule has 7 heteroatoms. The van der Waals surface area contributed by atoms with Crippen molar-refractivity contribution < 1.29 is 9.13 Å². The second kappa shape index (κ2) is 4.33. The van der Waals surface area contributed by atoms with Crippen molar-refractivity contribution in [3.05, 3.63) is 34.1 Å². The molecule has 0 aliphatic heterocycles. The summed E-state index contributed by atoms with van der Waals surface area (Å²) in [5, 5.41) is 4.19. The second-order valence-corrected chi connectivity index (χ2v) is 5.79. The molecule has 0 bridgehead atoms. The minimum Gasteiger partial charge on any atom is -0.494 e. The molecule has 0 saturated heterocycles. The number of rotatable bonds is 2. The molecule has 1 aromatic carbocycles. The number of methoxy groups -OCH3 is 1. The van der Waals surface area contributed by atoms with Gasteiger partial charge in [-0.05, 0) is 34.1 Å². The van der Waals surface area contributed by atoms with Crippen molar-refractivity contribution in [3.8, 4) is 17.0 Å². The summed E-state index contributed by atoms with van der Waals surface area (Å²) in [4.78, 5) is 5.14. The van der Waals surface area contributed by atoms with Crippen LogP contribution in [-0.4, -0.2) is 21.7 Å². The highest BCUT2D eigenvalue weighted by atomic mass is 79.9. The average molecular weight is 328 g/mol. The Morgan fingerprint density at radius 3 is 2.94 bits per heavy atom. The first-order valence-corrected chi connectivity index (χ1v) is 6.64. The van der Waals surface area contributed by atoms with Gasteiger partial charge in [0.05, 0.1) is 19.0 Å². The first-order valence-electron chi connectivity index (χ1n) is 5.03. The van der Waals surface area contributed by atoms with Crippen LogP contribution in [-0.2, 0) is 0 Å². The standard InChI is InChI=1S/C11H7BrFN3OS/c1-17-9-3-2-6(4-7(9)13)8-5-16-11(14-8)18-10(12)15-16/h2-5H,1H3. The van der Waals surface area contributed by atoms with Gasteiger partial charge >= 0.3 is 0 Å². The molecule has 0 N–H and O–H groups in total. The van der Waals surface area contributed by atoms with E-state index < -0.39 is 5.82 Å². The third-order valence-corrected chi connectivity index (χ3v) is 3.82. The van der Waals surface area contributed by atoms with E-state index in [0.717, 1.165) is 8.88 Å². The van der Waals surface area contributed by atoms with Crippen molar-refractivity contribution in [3.63, 3.8) is 0 Å². The minimum atomic E-state index is -0.402. The highest BCUT2D eigenvalue weighted by molar-refractivity contribution is 9.11. The highest BCUT2D eigenvalue weighted by Crippen LogP contribution is 2.27. The van der Waals surface area contributed by atoms with Gasteiger partial charge in [-0.1, -0.05) is 11.3 Å². The summed E-state index contributed by atoms with van der Waals surface area (Å²) in [7, 11) is 1.44. The maximum absolute atomic E-state index is 13.6. The van der Waals surface area contributed by atoms with E-state index in [1.165, 1.54) is 24.5 Å². The quantitative estimate of drug-likeness (QED) is 0.724. The molecule has 0 spiro atoms. The zero-order valence-corrected chi connectivity index (χ0v) is 11.6. The highest BCUT2D eigenvalue weighted by Gasteiger charge is 2.10. The fourth-order valence-electron chi connectivity index (χ4n) is 1.64. The zero-order valence-electron chi connectivity index (χ0n) is 9.22. The van der Waals surface area contributed by atoms with E-state index in [1.54, 1.807) is 22.8 Å². The molecule has 4 nitrogen and oxygen atoms in total. The Balaban J connectivity index is 2.08. The molecule has 2 aromatic heterocycles. The van der Waals surface area contributed by atoms with Crippen molar-refractivity contribution in [1.29, 1.82) is 0 Å². The maximum Gasteiger partial charge on any atom is 0.213 e. The predicted molar refractivity (Wildman–Crippen MR) is 70.5 cm³/mol. The topological polar surface area (TPSA) is 39.4 Å². The van der Waals surface area contributed by atoms with Gasteiger partial charge < -0.3 is 4.74 Å². The van der Waals surface area contributed by atoms with Crippen LogP contribution in [0, 0.1) is 5.82 Å². The molecule has 0 radical (unpaired) electrons. The number of ether oxygens (including phenoxy) is 1. The fraction of sp³-hybridized carbons (Fsp3) is 0.0909. The lowest BCUT2D eigenvalue weighted by Crippen LogP contribution is -1.88. The van der Waals surface area contributed by atoms with Crippen molar-refractivity contribution >= 4 is 32.2 Å². The second-order valence-electron chi connectivity index (χ2n) is 3.56. The van der Waals surface area contributed by atoms with Gasteiger partial charge in [0.2, 0.25) is 4.96 Å². The van der Waals surface area contributed by atoms with Gasteiger partial charge in [0.1, 0.15) is 0 Å². The van der Waals surface area contributed by atoms with E-state index in [0.29, 0.717) is 11.3 Å². The number of nitrogens with zero attached hydrogens (tertiary/aromatic N) is 3. The first-order chi connectivity index (χ1) is 8.67. The summed E-state index contributed by atoms with van der Waals surface area (Å²) in [6.45, 7) is 0. The molecule has 0 amide bonds. The van der Waals surface area contributed by atoms with Crippen LogP contribution in [0.3, 0.4) is 0 Å². The van der Waals surface area contributed by atoms with E-state index in [2.05, 4.69) is 26.0 Å². The van der Waals surface area contributed by atoms with E-state index in [-0.39, 0.29) is 5.75 Å². The molecule has 0 fully saturated rings. The van der Waals surface area contributed by atoms with Crippen LogP contribution in [0.4, 0.5) is 4.39 Å².